The molecule has 3 N–H and O–H groups in total. The summed E-state index contributed by atoms with van der Waals surface area (Å²) in [6.45, 7) is 4.98. The lowest BCUT2D eigenvalue weighted by Crippen LogP contribution is -2.46. The van der Waals surface area contributed by atoms with Crippen molar-refractivity contribution >= 4 is 31.6 Å². The second-order valence-electron chi connectivity index (χ2n) is 10.3. The minimum atomic E-state index is -3.65. The SMILES string of the molecule is CC(C)(C)S(=O)(=O)N[C@H]1CC[C@H](C(=O)Nc2cccc(S(=O)(=O)NC3CCCCC3)c2)CC1. The van der Waals surface area contributed by atoms with Gasteiger partial charge in [0.2, 0.25) is 26.0 Å². The summed E-state index contributed by atoms with van der Waals surface area (Å²) >= 11 is 0. The van der Waals surface area contributed by atoms with Gasteiger partial charge in [0.1, 0.15) is 0 Å². The topological polar surface area (TPSA) is 121 Å². The van der Waals surface area contributed by atoms with E-state index in [1.807, 2.05) is 0 Å². The van der Waals surface area contributed by atoms with Gasteiger partial charge in [-0.2, -0.15) is 0 Å². The predicted molar refractivity (Wildman–Crippen MR) is 130 cm³/mol. The third-order valence-electron chi connectivity index (χ3n) is 6.56. The minimum absolute atomic E-state index is 0.0344. The molecule has 2 fully saturated rings. The van der Waals surface area contributed by atoms with Crippen LogP contribution in [-0.2, 0) is 24.8 Å². The molecule has 33 heavy (non-hydrogen) atoms. The van der Waals surface area contributed by atoms with Crippen molar-refractivity contribution in [1.29, 1.82) is 0 Å². The van der Waals surface area contributed by atoms with Gasteiger partial charge >= 0.3 is 0 Å². The van der Waals surface area contributed by atoms with E-state index in [1.54, 1.807) is 32.9 Å². The van der Waals surface area contributed by atoms with E-state index in [0.717, 1.165) is 32.1 Å². The standard InChI is InChI=1S/C23H37N3O5S2/c1-23(2,3)33(30,31)26-19-14-12-17(13-15-19)22(27)24-20-10-7-11-21(16-20)32(28,29)25-18-8-5-4-6-9-18/h7,10-11,16-19,25-26H,4-6,8-9,12-15H2,1-3H3,(H,24,27)/t17-,19-. The predicted octanol–water partition coefficient (Wildman–Crippen LogP) is 3.51. The number of hydrogen-bond donors (Lipinski definition) is 3. The summed E-state index contributed by atoms with van der Waals surface area (Å²) < 4.78 is 55.0. The van der Waals surface area contributed by atoms with Gasteiger partial charge in [0.25, 0.3) is 0 Å². The average Bonchev–Trinajstić information content (AvgIpc) is 2.74. The van der Waals surface area contributed by atoms with Crippen LogP contribution in [0.25, 0.3) is 0 Å². The molecule has 186 valence electrons. The number of nitrogens with one attached hydrogen (secondary N) is 3. The van der Waals surface area contributed by atoms with Crippen molar-refractivity contribution in [3.63, 3.8) is 0 Å². The first-order valence-electron chi connectivity index (χ1n) is 11.8. The number of anilines is 1. The van der Waals surface area contributed by atoms with Gasteiger partial charge in [-0.25, -0.2) is 26.3 Å². The molecule has 0 aliphatic heterocycles. The van der Waals surface area contributed by atoms with Gasteiger partial charge < -0.3 is 5.32 Å². The lowest BCUT2D eigenvalue weighted by molar-refractivity contribution is -0.120. The summed E-state index contributed by atoms with van der Waals surface area (Å²) in [6.07, 6.45) is 7.24. The Labute approximate surface area is 198 Å². The Balaban J connectivity index is 1.56. The molecule has 0 spiro atoms. The molecule has 0 saturated heterocycles. The Morgan fingerprint density at radius 3 is 2.06 bits per heavy atom. The largest absolute Gasteiger partial charge is 0.326 e. The molecule has 1 amide bonds. The van der Waals surface area contributed by atoms with Crippen LogP contribution in [0, 0.1) is 5.92 Å². The fourth-order valence-electron chi connectivity index (χ4n) is 4.36. The third-order valence-corrected chi connectivity index (χ3v) is 10.3. The van der Waals surface area contributed by atoms with Gasteiger partial charge in [-0.05, 0) is 77.5 Å². The number of carbonyl (C=O) groups is 1. The van der Waals surface area contributed by atoms with Crippen molar-refractivity contribution in [3.05, 3.63) is 24.3 Å². The van der Waals surface area contributed by atoms with E-state index in [1.165, 1.54) is 12.1 Å². The monoisotopic (exact) mass is 499 g/mol. The fourth-order valence-corrected chi connectivity index (χ4v) is 6.74. The summed E-state index contributed by atoms with van der Waals surface area (Å²) in [5, 5.41) is 2.85. The maximum atomic E-state index is 12.8. The molecule has 2 saturated carbocycles. The van der Waals surface area contributed by atoms with Crippen LogP contribution in [0.15, 0.2) is 29.2 Å². The maximum Gasteiger partial charge on any atom is 0.240 e. The number of rotatable bonds is 7. The van der Waals surface area contributed by atoms with Gasteiger partial charge in [-0.15, -0.1) is 0 Å². The summed E-state index contributed by atoms with van der Waals surface area (Å²) in [7, 11) is -7.07. The zero-order chi connectivity index (χ0) is 24.3. The molecule has 0 unspecified atom stereocenters. The number of hydrogen-bond acceptors (Lipinski definition) is 5. The minimum Gasteiger partial charge on any atom is -0.326 e. The van der Waals surface area contributed by atoms with Crippen LogP contribution in [0.3, 0.4) is 0 Å². The Hall–Kier alpha value is -1.49. The highest BCUT2D eigenvalue weighted by Gasteiger charge is 2.34. The normalized spacial score (nSPS) is 23.2. The Morgan fingerprint density at radius 2 is 1.45 bits per heavy atom. The molecule has 0 bridgehead atoms. The molecule has 2 aliphatic rings. The van der Waals surface area contributed by atoms with E-state index in [9.17, 15) is 21.6 Å². The molecule has 0 aromatic heterocycles. The van der Waals surface area contributed by atoms with Crippen LogP contribution in [0.2, 0.25) is 0 Å². The van der Waals surface area contributed by atoms with E-state index >= 15 is 0 Å². The van der Waals surface area contributed by atoms with E-state index in [-0.39, 0.29) is 28.8 Å². The molecule has 10 heteroatoms. The summed E-state index contributed by atoms with van der Waals surface area (Å²) in [6, 6.07) is 6.13. The zero-order valence-electron chi connectivity index (χ0n) is 19.8. The van der Waals surface area contributed by atoms with Crippen molar-refractivity contribution in [1.82, 2.24) is 9.44 Å². The first kappa shape index (κ1) is 26.1. The highest BCUT2D eigenvalue weighted by molar-refractivity contribution is 7.90. The molecule has 2 aliphatic carbocycles. The molecule has 0 heterocycles. The fraction of sp³-hybridized carbons (Fsp3) is 0.696. The van der Waals surface area contributed by atoms with Gasteiger partial charge in [0, 0.05) is 23.7 Å². The van der Waals surface area contributed by atoms with Crippen molar-refractivity contribution in [2.24, 2.45) is 5.92 Å². The lowest BCUT2D eigenvalue weighted by atomic mass is 9.86. The Bertz CT molecular complexity index is 1030. The summed E-state index contributed by atoms with van der Waals surface area (Å²) in [5.41, 5.74) is 0.446. The summed E-state index contributed by atoms with van der Waals surface area (Å²) in [4.78, 5) is 12.9. The number of amides is 1. The highest BCUT2D eigenvalue weighted by Crippen LogP contribution is 2.28. The Kier molecular flexibility index (Phi) is 8.24. The first-order chi connectivity index (χ1) is 15.4. The van der Waals surface area contributed by atoms with Gasteiger partial charge in [0.15, 0.2) is 0 Å². The van der Waals surface area contributed by atoms with Crippen LogP contribution >= 0.6 is 0 Å². The van der Waals surface area contributed by atoms with Gasteiger partial charge in [-0.3, -0.25) is 4.79 Å². The molecule has 1 aromatic rings. The smallest absolute Gasteiger partial charge is 0.240 e. The van der Waals surface area contributed by atoms with Crippen molar-refractivity contribution in [2.45, 2.75) is 100 Å². The van der Waals surface area contributed by atoms with Crippen LogP contribution in [0.5, 0.6) is 0 Å². The van der Waals surface area contributed by atoms with Gasteiger partial charge in [0.05, 0.1) is 9.64 Å². The van der Waals surface area contributed by atoms with E-state index < -0.39 is 24.8 Å². The van der Waals surface area contributed by atoms with Crippen molar-refractivity contribution < 1.29 is 21.6 Å². The van der Waals surface area contributed by atoms with E-state index in [4.69, 9.17) is 0 Å². The number of benzene rings is 1. The van der Waals surface area contributed by atoms with Crippen LogP contribution in [-0.4, -0.2) is 39.6 Å². The quantitative estimate of drug-likeness (QED) is 0.530. The van der Waals surface area contributed by atoms with Crippen LogP contribution < -0.4 is 14.8 Å². The number of sulfonamides is 2. The first-order valence-corrected chi connectivity index (χ1v) is 14.8. The Morgan fingerprint density at radius 1 is 0.848 bits per heavy atom. The molecular formula is C23H37N3O5S2. The highest BCUT2D eigenvalue weighted by atomic mass is 32.2. The van der Waals surface area contributed by atoms with Crippen LogP contribution in [0.4, 0.5) is 5.69 Å². The molecule has 0 radical (unpaired) electrons. The molecule has 8 nitrogen and oxygen atoms in total. The van der Waals surface area contributed by atoms with Crippen molar-refractivity contribution in [2.75, 3.05) is 5.32 Å². The molecule has 0 atom stereocenters. The second kappa shape index (κ2) is 10.4. The third kappa shape index (κ3) is 7.00. The number of carbonyl (C=O) groups excluding carboxylic acids is 1. The zero-order valence-corrected chi connectivity index (χ0v) is 21.4. The summed E-state index contributed by atoms with van der Waals surface area (Å²) in [5.74, 6) is -0.400. The molecule has 3 rings (SSSR count). The van der Waals surface area contributed by atoms with Crippen molar-refractivity contribution in [3.8, 4) is 0 Å². The van der Waals surface area contributed by atoms with E-state index in [2.05, 4.69) is 14.8 Å². The van der Waals surface area contributed by atoms with Crippen LogP contribution in [0.1, 0.15) is 78.6 Å². The molecule has 1 aromatic carbocycles. The van der Waals surface area contributed by atoms with E-state index in [0.29, 0.717) is 31.4 Å². The maximum absolute atomic E-state index is 12.8. The lowest BCUT2D eigenvalue weighted by Gasteiger charge is -2.30. The average molecular weight is 500 g/mol. The molecular weight excluding hydrogens is 462 g/mol. The van der Waals surface area contributed by atoms with Gasteiger partial charge in [-0.1, -0.05) is 25.3 Å². The second-order valence-corrected chi connectivity index (χ2v) is 14.4.